The third kappa shape index (κ3) is 1.69. The van der Waals surface area contributed by atoms with Gasteiger partial charge in [-0.15, -0.1) is 10.2 Å². The number of rotatable bonds is 3. The summed E-state index contributed by atoms with van der Waals surface area (Å²) in [6.07, 6.45) is 1.41. The zero-order valence-corrected chi connectivity index (χ0v) is 8.41. The van der Waals surface area contributed by atoms with Crippen molar-refractivity contribution in [1.82, 2.24) is 30.2 Å². The molecule has 0 aliphatic heterocycles. The van der Waals surface area contributed by atoms with E-state index in [1.54, 1.807) is 0 Å². The molecule has 0 saturated carbocycles. The van der Waals surface area contributed by atoms with E-state index in [0.717, 1.165) is 0 Å². The fourth-order valence-electron chi connectivity index (χ4n) is 1.17. The predicted molar refractivity (Wildman–Crippen MR) is 51.3 cm³/mol. The summed E-state index contributed by atoms with van der Waals surface area (Å²) >= 11 is 0. The average Bonchev–Trinajstić information content (AvgIpc) is 2.90. The quantitative estimate of drug-likeness (QED) is 0.627. The topological polar surface area (TPSA) is 125 Å². The number of hydrogen-bond donors (Lipinski definition) is 2. The molecule has 0 unspecified atom stereocenters. The highest BCUT2D eigenvalue weighted by Crippen LogP contribution is 2.11. The Morgan fingerprint density at radius 1 is 1.69 bits per heavy atom. The molecule has 0 spiro atoms. The Kier molecular flexibility index (Phi) is 2.50. The van der Waals surface area contributed by atoms with Gasteiger partial charge in [0.05, 0.1) is 20.0 Å². The summed E-state index contributed by atoms with van der Waals surface area (Å²) in [5, 5.41) is 13.2. The highest BCUT2D eigenvalue weighted by molar-refractivity contribution is 5.92. The number of nitrogens with two attached hydrogens (primary N) is 1. The Morgan fingerprint density at radius 2 is 2.50 bits per heavy atom. The van der Waals surface area contributed by atoms with Gasteiger partial charge in [-0.25, -0.2) is 9.78 Å². The molecule has 9 heteroatoms. The van der Waals surface area contributed by atoms with Crippen molar-refractivity contribution < 1.29 is 9.53 Å². The minimum absolute atomic E-state index is 0.0750. The lowest BCUT2D eigenvalue weighted by molar-refractivity contribution is 0.0596. The second kappa shape index (κ2) is 3.96. The molecule has 0 aromatic carbocycles. The van der Waals surface area contributed by atoms with Gasteiger partial charge < -0.3 is 15.0 Å². The van der Waals surface area contributed by atoms with Gasteiger partial charge in [0.2, 0.25) is 0 Å². The zero-order chi connectivity index (χ0) is 11.5. The Bertz CT molecular complexity index is 489. The normalized spacial score (nSPS) is 10.3. The standard InChI is InChI=1S/C7H9N7O2/c1-16-7(15)5-6(8)14(3-9-5)2-4-10-12-13-11-4/h3H,2,8H2,1H3,(H,10,11,12,13). The second-order valence-corrected chi connectivity index (χ2v) is 2.93. The van der Waals surface area contributed by atoms with Crippen LogP contribution >= 0.6 is 0 Å². The molecular weight excluding hydrogens is 214 g/mol. The first-order valence-corrected chi connectivity index (χ1v) is 4.33. The SMILES string of the molecule is COC(=O)c1ncn(Cc2nn[nH]n2)c1N. The van der Waals surface area contributed by atoms with Gasteiger partial charge >= 0.3 is 5.97 Å². The summed E-state index contributed by atoms with van der Waals surface area (Å²) in [6, 6.07) is 0. The number of nitrogen functional groups attached to an aromatic ring is 1. The molecule has 16 heavy (non-hydrogen) atoms. The van der Waals surface area contributed by atoms with E-state index in [4.69, 9.17) is 5.73 Å². The molecule has 0 amide bonds. The highest BCUT2D eigenvalue weighted by atomic mass is 16.5. The molecule has 2 aromatic rings. The van der Waals surface area contributed by atoms with Gasteiger partial charge in [0.15, 0.2) is 11.5 Å². The maximum atomic E-state index is 11.2. The molecule has 84 valence electrons. The fraction of sp³-hybridized carbons (Fsp3) is 0.286. The van der Waals surface area contributed by atoms with Crippen molar-refractivity contribution in [2.24, 2.45) is 0 Å². The molecule has 2 heterocycles. The minimum atomic E-state index is -0.579. The van der Waals surface area contributed by atoms with Crippen LogP contribution in [0.15, 0.2) is 6.33 Å². The molecule has 0 atom stereocenters. The average molecular weight is 223 g/mol. The van der Waals surface area contributed by atoms with Crippen molar-refractivity contribution in [1.29, 1.82) is 0 Å². The van der Waals surface area contributed by atoms with E-state index in [1.807, 2.05) is 0 Å². The molecule has 3 N–H and O–H groups in total. The van der Waals surface area contributed by atoms with E-state index in [2.05, 4.69) is 30.3 Å². The number of carbonyl (C=O) groups is 1. The van der Waals surface area contributed by atoms with E-state index in [1.165, 1.54) is 18.0 Å². The monoisotopic (exact) mass is 223 g/mol. The molecule has 0 aliphatic carbocycles. The van der Waals surface area contributed by atoms with Crippen molar-refractivity contribution in [2.75, 3.05) is 12.8 Å². The lowest BCUT2D eigenvalue weighted by Gasteiger charge is -2.01. The van der Waals surface area contributed by atoms with Crippen LogP contribution in [0.4, 0.5) is 5.82 Å². The van der Waals surface area contributed by atoms with E-state index in [9.17, 15) is 4.79 Å². The van der Waals surface area contributed by atoms with Gasteiger partial charge in [-0.2, -0.15) is 5.21 Å². The number of H-pyrrole nitrogens is 1. The number of anilines is 1. The number of aromatic nitrogens is 6. The Labute approximate surface area is 89.6 Å². The molecule has 0 saturated heterocycles. The number of carbonyl (C=O) groups excluding carboxylic acids is 1. The summed E-state index contributed by atoms with van der Waals surface area (Å²) in [4.78, 5) is 15.1. The van der Waals surface area contributed by atoms with Crippen LogP contribution < -0.4 is 5.73 Å². The third-order valence-corrected chi connectivity index (χ3v) is 1.96. The van der Waals surface area contributed by atoms with Crippen LogP contribution in [0.2, 0.25) is 0 Å². The first-order chi connectivity index (χ1) is 7.72. The number of nitrogens with one attached hydrogen (secondary N) is 1. The third-order valence-electron chi connectivity index (χ3n) is 1.96. The summed E-state index contributed by atoms with van der Waals surface area (Å²) in [5.41, 5.74) is 5.78. The molecule has 0 fully saturated rings. The van der Waals surface area contributed by atoms with Gasteiger partial charge in [-0.05, 0) is 0 Å². The van der Waals surface area contributed by atoms with E-state index in [0.29, 0.717) is 5.82 Å². The molecule has 0 bridgehead atoms. The van der Waals surface area contributed by atoms with E-state index >= 15 is 0 Å². The van der Waals surface area contributed by atoms with Crippen LogP contribution in [0.3, 0.4) is 0 Å². The maximum Gasteiger partial charge on any atom is 0.360 e. The van der Waals surface area contributed by atoms with Crippen LogP contribution in [0.25, 0.3) is 0 Å². The van der Waals surface area contributed by atoms with E-state index in [-0.39, 0.29) is 18.1 Å². The smallest absolute Gasteiger partial charge is 0.360 e. The van der Waals surface area contributed by atoms with Gasteiger partial charge in [0.25, 0.3) is 0 Å². The molecule has 2 rings (SSSR count). The Morgan fingerprint density at radius 3 is 3.12 bits per heavy atom. The van der Waals surface area contributed by atoms with Crippen LogP contribution in [-0.4, -0.2) is 43.3 Å². The maximum absolute atomic E-state index is 11.2. The lowest BCUT2D eigenvalue weighted by atomic mass is 10.4. The van der Waals surface area contributed by atoms with Gasteiger partial charge in [-0.1, -0.05) is 5.21 Å². The molecule has 0 radical (unpaired) electrons. The summed E-state index contributed by atoms with van der Waals surface area (Å²) in [5.74, 6) is 0.0709. The number of nitrogens with zero attached hydrogens (tertiary/aromatic N) is 5. The second-order valence-electron chi connectivity index (χ2n) is 2.93. The summed E-state index contributed by atoms with van der Waals surface area (Å²) in [6.45, 7) is 0.284. The van der Waals surface area contributed by atoms with Crippen LogP contribution in [0, 0.1) is 0 Å². The van der Waals surface area contributed by atoms with Crippen molar-refractivity contribution in [3.8, 4) is 0 Å². The van der Waals surface area contributed by atoms with Crippen molar-refractivity contribution >= 4 is 11.8 Å². The molecular formula is C7H9N7O2. The summed E-state index contributed by atoms with van der Waals surface area (Å²) < 4.78 is 6.05. The summed E-state index contributed by atoms with van der Waals surface area (Å²) in [7, 11) is 1.26. The Balaban J connectivity index is 2.23. The van der Waals surface area contributed by atoms with Crippen LogP contribution in [0.1, 0.15) is 16.3 Å². The number of tetrazole rings is 1. The molecule has 9 nitrogen and oxygen atoms in total. The van der Waals surface area contributed by atoms with Gasteiger partial charge in [-0.3, -0.25) is 0 Å². The number of esters is 1. The van der Waals surface area contributed by atoms with Crippen LogP contribution in [-0.2, 0) is 11.3 Å². The number of ether oxygens (including phenoxy) is 1. The molecule has 0 aliphatic rings. The largest absolute Gasteiger partial charge is 0.464 e. The number of aromatic amines is 1. The number of hydrogen-bond acceptors (Lipinski definition) is 7. The lowest BCUT2D eigenvalue weighted by Crippen LogP contribution is -2.09. The first-order valence-electron chi connectivity index (χ1n) is 4.33. The Hall–Kier alpha value is -2.45. The molecule has 2 aromatic heterocycles. The van der Waals surface area contributed by atoms with Crippen molar-refractivity contribution in [3.05, 3.63) is 17.8 Å². The number of imidazole rings is 1. The van der Waals surface area contributed by atoms with E-state index < -0.39 is 5.97 Å². The van der Waals surface area contributed by atoms with Crippen LogP contribution in [0.5, 0.6) is 0 Å². The highest BCUT2D eigenvalue weighted by Gasteiger charge is 2.16. The fourth-order valence-corrected chi connectivity index (χ4v) is 1.17. The van der Waals surface area contributed by atoms with Crippen molar-refractivity contribution in [3.63, 3.8) is 0 Å². The zero-order valence-electron chi connectivity index (χ0n) is 8.41. The minimum Gasteiger partial charge on any atom is -0.464 e. The van der Waals surface area contributed by atoms with Gasteiger partial charge in [0, 0.05) is 0 Å². The number of methoxy groups -OCH3 is 1. The van der Waals surface area contributed by atoms with Gasteiger partial charge in [0.1, 0.15) is 5.82 Å². The van der Waals surface area contributed by atoms with Crippen molar-refractivity contribution in [2.45, 2.75) is 6.54 Å². The first kappa shape index (κ1) is 10.1. The predicted octanol–water partition coefficient (Wildman–Crippen LogP) is -1.19.